The second-order valence-corrected chi connectivity index (χ2v) is 10.6. The van der Waals surface area contributed by atoms with Gasteiger partial charge in [0.15, 0.2) is 0 Å². The van der Waals surface area contributed by atoms with Gasteiger partial charge in [0, 0.05) is 38.2 Å². The van der Waals surface area contributed by atoms with Gasteiger partial charge in [-0.15, -0.1) is 0 Å². The summed E-state index contributed by atoms with van der Waals surface area (Å²) in [5, 5.41) is 17.2. The number of carboxylic acid groups (broad SMARTS) is 1. The van der Waals surface area contributed by atoms with Gasteiger partial charge in [0.1, 0.15) is 18.1 Å². The van der Waals surface area contributed by atoms with Gasteiger partial charge in [0.25, 0.3) is 6.09 Å². The van der Waals surface area contributed by atoms with E-state index in [0.717, 1.165) is 22.5 Å². The molecule has 3 aromatic carbocycles. The molecule has 1 saturated heterocycles. The van der Waals surface area contributed by atoms with E-state index in [1.165, 1.54) is 13.8 Å². The summed E-state index contributed by atoms with van der Waals surface area (Å²) in [4.78, 5) is 48.1. The molecule has 0 radical (unpaired) electrons. The first-order chi connectivity index (χ1) is 21.1. The Morgan fingerprint density at radius 1 is 0.841 bits per heavy atom. The number of esters is 2. The van der Waals surface area contributed by atoms with Gasteiger partial charge in [-0.25, -0.2) is 4.68 Å². The Kier molecular flexibility index (Phi) is 8.86. The molecule has 4 aromatic rings. The van der Waals surface area contributed by atoms with E-state index < -0.39 is 28.6 Å². The minimum Gasteiger partial charge on any atom is -0.498 e. The fraction of sp³-hybridized carbons (Fsp3) is 0.242. The number of hydrogen-bond donors (Lipinski definition) is 0. The third-order valence-corrected chi connectivity index (χ3v) is 7.52. The van der Waals surface area contributed by atoms with Crippen molar-refractivity contribution in [2.45, 2.75) is 39.2 Å². The van der Waals surface area contributed by atoms with Crippen molar-refractivity contribution in [3.05, 3.63) is 96.2 Å². The maximum Gasteiger partial charge on any atom is 0.522 e. The van der Waals surface area contributed by atoms with Crippen molar-refractivity contribution in [1.82, 2.24) is 9.78 Å². The van der Waals surface area contributed by atoms with Gasteiger partial charge in [-0.05, 0) is 60.2 Å². The Labute approximate surface area is 253 Å². The van der Waals surface area contributed by atoms with Crippen LogP contribution in [0.25, 0.3) is 16.9 Å². The fourth-order valence-corrected chi connectivity index (χ4v) is 5.27. The number of carbonyl (C=O) groups is 4. The lowest BCUT2D eigenvalue weighted by Crippen LogP contribution is -2.64. The number of aromatic nitrogens is 2. The first-order valence-corrected chi connectivity index (χ1v) is 14.1. The van der Waals surface area contributed by atoms with Gasteiger partial charge < -0.3 is 24.1 Å². The van der Waals surface area contributed by atoms with Crippen molar-refractivity contribution in [3.8, 4) is 28.4 Å². The van der Waals surface area contributed by atoms with Crippen molar-refractivity contribution >= 4 is 24.1 Å². The zero-order valence-corrected chi connectivity index (χ0v) is 24.3. The van der Waals surface area contributed by atoms with E-state index in [9.17, 15) is 24.3 Å². The molecule has 44 heavy (non-hydrogen) atoms. The molecule has 1 aromatic heterocycles. The summed E-state index contributed by atoms with van der Waals surface area (Å²) in [5.41, 5.74) is 3.72. The summed E-state index contributed by atoms with van der Waals surface area (Å²) in [5.74, 6) is -0.196. The maximum atomic E-state index is 13.0. The van der Waals surface area contributed by atoms with Crippen LogP contribution < -0.4 is 14.6 Å². The molecule has 0 bridgehead atoms. The van der Waals surface area contributed by atoms with Crippen LogP contribution in [0.15, 0.2) is 84.9 Å². The van der Waals surface area contributed by atoms with Gasteiger partial charge in [0.05, 0.1) is 30.2 Å². The highest BCUT2D eigenvalue weighted by Crippen LogP contribution is 2.35. The topological polar surface area (TPSA) is 137 Å². The smallest absolute Gasteiger partial charge is 0.498 e. The molecule has 1 fully saturated rings. The zero-order valence-electron chi connectivity index (χ0n) is 24.3. The third-order valence-electron chi connectivity index (χ3n) is 7.52. The van der Waals surface area contributed by atoms with Crippen LogP contribution in [0.2, 0.25) is 0 Å². The molecule has 0 saturated carbocycles. The Morgan fingerprint density at radius 2 is 1.41 bits per heavy atom. The third kappa shape index (κ3) is 6.68. The molecule has 0 unspecified atom stereocenters. The van der Waals surface area contributed by atoms with Gasteiger partial charge >= 0.3 is 18.0 Å². The lowest BCUT2D eigenvalue weighted by atomic mass is 9.92. The largest absolute Gasteiger partial charge is 0.522 e. The van der Waals surface area contributed by atoms with Crippen molar-refractivity contribution in [3.63, 3.8) is 0 Å². The molecule has 0 spiro atoms. The molecule has 0 atom stereocenters. The van der Waals surface area contributed by atoms with Gasteiger partial charge in [0.2, 0.25) is 0 Å². The van der Waals surface area contributed by atoms with Crippen molar-refractivity contribution in [2.24, 2.45) is 0 Å². The molecule has 0 N–H and O–H groups in total. The molecule has 1 aliphatic rings. The summed E-state index contributed by atoms with van der Waals surface area (Å²) in [6.07, 6.45) is -1.61. The summed E-state index contributed by atoms with van der Waals surface area (Å²) in [6.45, 7) is 2.62. The number of quaternary nitrogens is 1. The van der Waals surface area contributed by atoms with Gasteiger partial charge in [-0.1, -0.05) is 30.3 Å². The fourth-order valence-electron chi connectivity index (χ4n) is 5.27. The molecule has 2 amide bonds. The molecule has 226 valence electrons. The Hall–Kier alpha value is -5.29. The second kappa shape index (κ2) is 12.9. The molecule has 11 heteroatoms. The number of carbonyl (C=O) groups excluding carboxylic acids is 4. The summed E-state index contributed by atoms with van der Waals surface area (Å²) in [7, 11) is 0. The Bertz CT molecular complexity index is 1580. The minimum absolute atomic E-state index is 0.00300. The summed E-state index contributed by atoms with van der Waals surface area (Å²) < 4.78 is 16.6. The van der Waals surface area contributed by atoms with E-state index in [0.29, 0.717) is 30.0 Å². The van der Waals surface area contributed by atoms with E-state index >= 15 is 0 Å². The number of nitrogens with zero attached hydrogens (tertiary/aromatic N) is 3. The quantitative estimate of drug-likeness (QED) is 0.168. The number of amides is 2. The Balaban J connectivity index is 1.40. The highest BCUT2D eigenvalue weighted by molar-refractivity contribution is 5.74. The van der Waals surface area contributed by atoms with E-state index in [1.54, 1.807) is 53.2 Å². The number of piperidine rings is 1. The van der Waals surface area contributed by atoms with E-state index in [1.807, 2.05) is 36.4 Å². The van der Waals surface area contributed by atoms with Gasteiger partial charge in [-0.3, -0.25) is 9.59 Å². The molecule has 5 rings (SSSR count). The average Bonchev–Trinajstić information content (AvgIpc) is 3.46. The van der Waals surface area contributed by atoms with E-state index in [4.69, 9.17) is 19.3 Å². The van der Waals surface area contributed by atoms with Crippen LogP contribution in [0.4, 0.5) is 9.59 Å². The zero-order chi connectivity index (χ0) is 31.3. The molecule has 2 heterocycles. The SMILES string of the molecule is CC(=O)Oc1ccc(-c2cc(C3CC[N+](C(=O)[O-])(C(=O)OCc4ccccc4)CC3)nn2-c2ccc(OC(C)=O)cc2)cc1. The van der Waals surface area contributed by atoms with Gasteiger partial charge in [-0.2, -0.15) is 14.4 Å². The maximum absolute atomic E-state index is 13.0. The lowest BCUT2D eigenvalue weighted by Gasteiger charge is -2.38. The predicted molar refractivity (Wildman–Crippen MR) is 156 cm³/mol. The van der Waals surface area contributed by atoms with E-state index in [2.05, 4.69) is 0 Å². The van der Waals surface area contributed by atoms with Crippen molar-refractivity contribution in [1.29, 1.82) is 0 Å². The molecular formula is C33H31N3O8. The van der Waals surface area contributed by atoms with Crippen LogP contribution in [-0.2, 0) is 20.9 Å². The highest BCUT2D eigenvalue weighted by Gasteiger charge is 2.45. The molecule has 0 aliphatic carbocycles. The normalized spacial score (nSPS) is 17.8. The summed E-state index contributed by atoms with van der Waals surface area (Å²) in [6, 6.07) is 24.9. The predicted octanol–water partition coefficient (Wildman–Crippen LogP) is 4.76. The van der Waals surface area contributed by atoms with Crippen LogP contribution >= 0.6 is 0 Å². The first kappa shape index (κ1) is 30.2. The second-order valence-electron chi connectivity index (χ2n) is 10.6. The van der Waals surface area contributed by atoms with Crippen LogP contribution in [0.1, 0.15) is 43.9 Å². The Morgan fingerprint density at radius 3 is 1.95 bits per heavy atom. The average molecular weight is 598 g/mol. The minimum atomic E-state index is -1.49. The van der Waals surface area contributed by atoms with Crippen LogP contribution in [0, 0.1) is 0 Å². The van der Waals surface area contributed by atoms with Crippen molar-refractivity contribution in [2.75, 3.05) is 13.1 Å². The molecular weight excluding hydrogens is 566 g/mol. The number of likely N-dealkylation sites (tertiary alicyclic amines) is 1. The number of benzene rings is 3. The summed E-state index contributed by atoms with van der Waals surface area (Å²) >= 11 is 0. The van der Waals surface area contributed by atoms with E-state index in [-0.39, 0.29) is 25.6 Å². The molecule has 11 nitrogen and oxygen atoms in total. The number of hydrogen-bond acceptors (Lipinski definition) is 9. The molecule has 1 aliphatic heterocycles. The van der Waals surface area contributed by atoms with Crippen LogP contribution in [-0.4, -0.2) is 51.5 Å². The number of ether oxygens (including phenoxy) is 3. The van der Waals surface area contributed by atoms with Crippen LogP contribution in [0.5, 0.6) is 11.5 Å². The van der Waals surface area contributed by atoms with Crippen molar-refractivity contribution < 1.29 is 43.0 Å². The van der Waals surface area contributed by atoms with Crippen LogP contribution in [0.3, 0.4) is 0 Å². The highest BCUT2D eigenvalue weighted by atomic mass is 16.6. The standard InChI is InChI=1S/C33H31N3O8/c1-22(37)43-28-12-8-26(9-13-28)31-20-30(34-35(31)27-10-14-29(15-11-27)44-23(2)38)25-16-18-36(19-17-25,32(39)40)33(41)42-21-24-6-4-3-5-7-24/h3-15,20,25H,16-19,21H2,1-2H3. The first-order valence-electron chi connectivity index (χ1n) is 14.1. The number of rotatable bonds is 7. The number of imide groups is 1. The lowest BCUT2D eigenvalue weighted by molar-refractivity contribution is -0.813. The monoisotopic (exact) mass is 597 g/mol.